The van der Waals surface area contributed by atoms with Gasteiger partial charge in [0.25, 0.3) is 0 Å². The summed E-state index contributed by atoms with van der Waals surface area (Å²) in [6.07, 6.45) is 0. The molecule has 2 heteroatoms. The molecule has 0 aliphatic carbocycles. The van der Waals surface area contributed by atoms with E-state index in [0.29, 0.717) is 0 Å². The lowest BCUT2D eigenvalue weighted by Gasteiger charge is -2.16. The minimum Gasteiger partial charge on any atom is -0.319 e. The van der Waals surface area contributed by atoms with Crippen LogP contribution in [-0.4, -0.2) is 4.98 Å². The van der Waals surface area contributed by atoms with Crippen molar-refractivity contribution in [1.82, 2.24) is 4.98 Å². The highest BCUT2D eigenvalue weighted by Gasteiger charge is 2.16. The van der Waals surface area contributed by atoms with Crippen LogP contribution in [0.4, 0.5) is 0 Å². The second-order valence-electron chi connectivity index (χ2n) is 7.03. The van der Waals surface area contributed by atoms with Crippen LogP contribution in [0.15, 0.2) is 103 Å². The Morgan fingerprint density at radius 3 is 2.11 bits per heavy atom. The van der Waals surface area contributed by atoms with Crippen molar-refractivity contribution >= 4 is 21.7 Å². The number of rotatable bonds is 3. The topological polar surface area (TPSA) is 38.9 Å². The highest BCUT2D eigenvalue weighted by Crippen LogP contribution is 2.34. The van der Waals surface area contributed by atoms with Gasteiger partial charge in [-0.1, -0.05) is 97.1 Å². The van der Waals surface area contributed by atoms with Crippen LogP contribution in [0.25, 0.3) is 32.8 Å². The second-order valence-corrected chi connectivity index (χ2v) is 7.03. The van der Waals surface area contributed by atoms with Gasteiger partial charge in [0.05, 0.1) is 17.3 Å². The van der Waals surface area contributed by atoms with E-state index in [4.69, 9.17) is 10.7 Å². The van der Waals surface area contributed by atoms with Crippen LogP contribution in [0.3, 0.4) is 0 Å². The number of benzene rings is 4. The van der Waals surface area contributed by atoms with E-state index in [1.165, 1.54) is 10.9 Å². The van der Waals surface area contributed by atoms with Gasteiger partial charge < -0.3 is 5.73 Å². The number of hydrogen-bond donors (Lipinski definition) is 1. The first-order valence-corrected chi connectivity index (χ1v) is 9.49. The number of nitrogens with two attached hydrogens (primary N) is 1. The van der Waals surface area contributed by atoms with Crippen molar-refractivity contribution in [3.8, 4) is 11.1 Å². The van der Waals surface area contributed by atoms with Gasteiger partial charge >= 0.3 is 0 Å². The molecule has 1 aromatic heterocycles. The fourth-order valence-electron chi connectivity index (χ4n) is 3.83. The average Bonchev–Trinajstić information content (AvgIpc) is 2.79. The SMILES string of the molecule is NC(c1ccccc1)c1cc(-c2ccccc2)c2ccc3ccccc3c2n1. The second kappa shape index (κ2) is 6.91. The molecule has 1 heterocycles. The molecule has 0 bridgehead atoms. The van der Waals surface area contributed by atoms with Crippen molar-refractivity contribution in [2.75, 3.05) is 0 Å². The van der Waals surface area contributed by atoms with Crippen molar-refractivity contribution in [1.29, 1.82) is 0 Å². The summed E-state index contributed by atoms with van der Waals surface area (Å²) in [7, 11) is 0. The van der Waals surface area contributed by atoms with Crippen LogP contribution in [0.5, 0.6) is 0 Å². The van der Waals surface area contributed by atoms with Crippen LogP contribution in [0, 0.1) is 0 Å². The molecule has 5 rings (SSSR count). The summed E-state index contributed by atoms with van der Waals surface area (Å²) in [5.41, 5.74) is 11.9. The van der Waals surface area contributed by atoms with Crippen molar-refractivity contribution in [3.05, 3.63) is 114 Å². The van der Waals surface area contributed by atoms with Gasteiger partial charge in [-0.05, 0) is 28.1 Å². The van der Waals surface area contributed by atoms with Crippen LogP contribution in [0.2, 0.25) is 0 Å². The van der Waals surface area contributed by atoms with E-state index in [0.717, 1.165) is 33.1 Å². The molecule has 2 nitrogen and oxygen atoms in total. The Morgan fingerprint density at radius 1 is 0.643 bits per heavy atom. The standard InChI is InChI=1S/C26H20N2/c27-25(20-12-5-2-6-13-20)24-17-23(18-9-3-1-4-10-18)22-16-15-19-11-7-8-14-21(19)26(22)28-24/h1-17,25H,27H2. The van der Waals surface area contributed by atoms with E-state index in [1.54, 1.807) is 0 Å². The maximum atomic E-state index is 6.64. The minimum atomic E-state index is -0.271. The van der Waals surface area contributed by atoms with Gasteiger partial charge in [-0.2, -0.15) is 0 Å². The van der Waals surface area contributed by atoms with E-state index in [1.807, 2.05) is 24.3 Å². The predicted octanol–water partition coefficient (Wildman–Crippen LogP) is 6.10. The summed E-state index contributed by atoms with van der Waals surface area (Å²) in [5, 5.41) is 3.49. The summed E-state index contributed by atoms with van der Waals surface area (Å²) in [6.45, 7) is 0. The lowest BCUT2D eigenvalue weighted by Crippen LogP contribution is -2.13. The normalized spacial score (nSPS) is 12.3. The summed E-state index contributed by atoms with van der Waals surface area (Å²) in [5.74, 6) is 0. The van der Waals surface area contributed by atoms with E-state index >= 15 is 0 Å². The number of nitrogens with zero attached hydrogens (tertiary/aromatic N) is 1. The third-order valence-corrected chi connectivity index (χ3v) is 5.29. The van der Waals surface area contributed by atoms with Gasteiger partial charge in [0.15, 0.2) is 0 Å². The highest BCUT2D eigenvalue weighted by molar-refractivity contribution is 6.10. The van der Waals surface area contributed by atoms with Gasteiger partial charge in [0, 0.05) is 10.8 Å². The average molecular weight is 360 g/mol. The fourth-order valence-corrected chi connectivity index (χ4v) is 3.83. The van der Waals surface area contributed by atoms with Gasteiger partial charge in [-0.3, -0.25) is 4.98 Å². The van der Waals surface area contributed by atoms with Crippen molar-refractivity contribution in [2.45, 2.75) is 6.04 Å². The van der Waals surface area contributed by atoms with E-state index in [2.05, 4.69) is 78.9 Å². The lowest BCUT2D eigenvalue weighted by molar-refractivity contribution is 0.837. The zero-order valence-corrected chi connectivity index (χ0v) is 15.4. The Balaban J connectivity index is 1.83. The number of pyridine rings is 1. The monoisotopic (exact) mass is 360 g/mol. The molecule has 0 amide bonds. The minimum absolute atomic E-state index is 0.271. The molecule has 4 aromatic carbocycles. The Kier molecular flexibility index (Phi) is 4.12. The first-order valence-electron chi connectivity index (χ1n) is 9.49. The smallest absolute Gasteiger partial charge is 0.0790 e. The van der Waals surface area contributed by atoms with Crippen LogP contribution in [-0.2, 0) is 0 Å². The predicted molar refractivity (Wildman–Crippen MR) is 117 cm³/mol. The van der Waals surface area contributed by atoms with Gasteiger partial charge in [-0.25, -0.2) is 0 Å². The Labute approximate surface area is 164 Å². The molecule has 1 atom stereocenters. The quantitative estimate of drug-likeness (QED) is 0.395. The Morgan fingerprint density at radius 2 is 1.32 bits per heavy atom. The molecule has 0 spiro atoms. The number of aromatic nitrogens is 1. The summed E-state index contributed by atoms with van der Waals surface area (Å²) >= 11 is 0. The zero-order chi connectivity index (χ0) is 18.9. The molecule has 2 N–H and O–H groups in total. The molecule has 0 saturated heterocycles. The molecule has 1 unspecified atom stereocenters. The maximum Gasteiger partial charge on any atom is 0.0790 e. The molecule has 0 radical (unpaired) electrons. The third-order valence-electron chi connectivity index (χ3n) is 5.29. The van der Waals surface area contributed by atoms with Gasteiger partial charge in [0.2, 0.25) is 0 Å². The lowest BCUT2D eigenvalue weighted by atomic mass is 9.94. The van der Waals surface area contributed by atoms with E-state index < -0.39 is 0 Å². The highest BCUT2D eigenvalue weighted by atomic mass is 14.8. The molecule has 0 saturated carbocycles. The molecule has 0 aliphatic rings. The molecule has 0 aliphatic heterocycles. The molecule has 0 fully saturated rings. The van der Waals surface area contributed by atoms with Crippen molar-refractivity contribution < 1.29 is 0 Å². The number of hydrogen-bond acceptors (Lipinski definition) is 2. The first kappa shape index (κ1) is 16.7. The fraction of sp³-hybridized carbons (Fsp3) is 0.0385. The molecule has 28 heavy (non-hydrogen) atoms. The summed E-state index contributed by atoms with van der Waals surface area (Å²) in [4.78, 5) is 5.04. The summed E-state index contributed by atoms with van der Waals surface area (Å²) in [6, 6.07) is 35.2. The summed E-state index contributed by atoms with van der Waals surface area (Å²) < 4.78 is 0. The molecule has 134 valence electrons. The zero-order valence-electron chi connectivity index (χ0n) is 15.4. The van der Waals surface area contributed by atoms with Crippen LogP contribution < -0.4 is 5.73 Å². The molecular weight excluding hydrogens is 340 g/mol. The molecular formula is C26H20N2. The van der Waals surface area contributed by atoms with Crippen LogP contribution >= 0.6 is 0 Å². The van der Waals surface area contributed by atoms with Crippen LogP contribution in [0.1, 0.15) is 17.3 Å². The van der Waals surface area contributed by atoms with Crippen molar-refractivity contribution in [2.24, 2.45) is 5.73 Å². The third kappa shape index (κ3) is 2.84. The largest absolute Gasteiger partial charge is 0.319 e. The van der Waals surface area contributed by atoms with Gasteiger partial charge in [0.1, 0.15) is 0 Å². The Hall–Kier alpha value is -3.49. The van der Waals surface area contributed by atoms with Crippen molar-refractivity contribution in [3.63, 3.8) is 0 Å². The maximum absolute atomic E-state index is 6.64. The van der Waals surface area contributed by atoms with E-state index in [-0.39, 0.29) is 6.04 Å². The molecule has 5 aromatic rings. The van der Waals surface area contributed by atoms with E-state index in [9.17, 15) is 0 Å². The van der Waals surface area contributed by atoms with Gasteiger partial charge in [-0.15, -0.1) is 0 Å². The number of fused-ring (bicyclic) bond motifs is 3. The first-order chi connectivity index (χ1) is 13.8. The Bertz CT molecular complexity index is 1260.